The van der Waals surface area contributed by atoms with E-state index < -0.39 is 0 Å². The van der Waals surface area contributed by atoms with E-state index in [2.05, 4.69) is 30.9 Å². The van der Waals surface area contributed by atoms with E-state index >= 15 is 0 Å². The Balaban J connectivity index is 1.51. The molecule has 0 aliphatic rings. The van der Waals surface area contributed by atoms with Gasteiger partial charge in [-0.1, -0.05) is 6.07 Å². The fourth-order valence-electron chi connectivity index (χ4n) is 1.95. The zero-order valence-corrected chi connectivity index (χ0v) is 12.7. The van der Waals surface area contributed by atoms with Crippen LogP contribution in [0.25, 0.3) is 5.69 Å². The fourth-order valence-corrected chi connectivity index (χ4v) is 1.95. The van der Waals surface area contributed by atoms with Crippen molar-refractivity contribution in [2.45, 2.75) is 0 Å². The van der Waals surface area contributed by atoms with Gasteiger partial charge in [-0.25, -0.2) is 15.1 Å². The Kier molecular flexibility index (Phi) is 4.88. The van der Waals surface area contributed by atoms with Crippen molar-refractivity contribution < 1.29 is 4.79 Å². The number of aromatic nitrogens is 4. The molecule has 0 fully saturated rings. The molecule has 120 valence electrons. The minimum Gasteiger partial charge on any atom is -0.376 e. The molecule has 2 aromatic heterocycles. The summed E-state index contributed by atoms with van der Waals surface area (Å²) in [6, 6.07) is 11.1. The predicted octanol–water partition coefficient (Wildman–Crippen LogP) is 1.22. The standard InChI is InChI=1S/C16H15N7O/c24-16(22-20-9-13-4-6-17-7-5-13)10-19-14-2-1-3-15(8-14)23-12-18-11-21-23/h1-9,11-12,19H,10H2,(H,22,24). The summed E-state index contributed by atoms with van der Waals surface area (Å²) in [4.78, 5) is 19.6. The van der Waals surface area contributed by atoms with Crippen molar-refractivity contribution in [3.8, 4) is 5.69 Å². The van der Waals surface area contributed by atoms with E-state index in [0.29, 0.717) is 0 Å². The van der Waals surface area contributed by atoms with Crippen LogP contribution in [0.4, 0.5) is 5.69 Å². The van der Waals surface area contributed by atoms with Gasteiger partial charge in [0.2, 0.25) is 0 Å². The molecule has 0 saturated carbocycles. The number of amides is 1. The number of nitrogens with zero attached hydrogens (tertiary/aromatic N) is 5. The number of hydrazone groups is 1. The van der Waals surface area contributed by atoms with Gasteiger partial charge in [-0.2, -0.15) is 10.2 Å². The maximum absolute atomic E-state index is 11.8. The molecule has 24 heavy (non-hydrogen) atoms. The maximum atomic E-state index is 11.8. The summed E-state index contributed by atoms with van der Waals surface area (Å²) in [6.07, 6.45) is 7.96. The Morgan fingerprint density at radius 3 is 2.88 bits per heavy atom. The van der Waals surface area contributed by atoms with Crippen LogP contribution in [0.1, 0.15) is 5.56 Å². The van der Waals surface area contributed by atoms with E-state index in [4.69, 9.17) is 0 Å². The van der Waals surface area contributed by atoms with Crippen molar-refractivity contribution >= 4 is 17.8 Å². The third-order valence-corrected chi connectivity index (χ3v) is 3.09. The highest BCUT2D eigenvalue weighted by Gasteiger charge is 2.02. The van der Waals surface area contributed by atoms with Gasteiger partial charge in [-0.15, -0.1) is 0 Å². The topological polar surface area (TPSA) is 97.1 Å². The fraction of sp³-hybridized carbons (Fsp3) is 0.0625. The molecule has 1 aromatic carbocycles. The quantitative estimate of drug-likeness (QED) is 0.525. The van der Waals surface area contributed by atoms with Gasteiger partial charge in [0.25, 0.3) is 5.91 Å². The lowest BCUT2D eigenvalue weighted by molar-refractivity contribution is -0.119. The summed E-state index contributed by atoms with van der Waals surface area (Å²) in [7, 11) is 0. The van der Waals surface area contributed by atoms with Crippen molar-refractivity contribution in [2.75, 3.05) is 11.9 Å². The lowest BCUT2D eigenvalue weighted by atomic mass is 10.3. The second-order valence-corrected chi connectivity index (χ2v) is 4.82. The van der Waals surface area contributed by atoms with Gasteiger partial charge in [-0.05, 0) is 35.9 Å². The largest absolute Gasteiger partial charge is 0.376 e. The third-order valence-electron chi connectivity index (χ3n) is 3.09. The predicted molar refractivity (Wildman–Crippen MR) is 89.8 cm³/mol. The summed E-state index contributed by atoms with van der Waals surface area (Å²) < 4.78 is 1.64. The lowest BCUT2D eigenvalue weighted by Gasteiger charge is -2.07. The molecule has 1 amide bonds. The molecule has 0 atom stereocenters. The minimum atomic E-state index is -0.244. The number of carbonyl (C=O) groups excluding carboxylic acids is 1. The molecule has 0 aliphatic carbocycles. The minimum absolute atomic E-state index is 0.106. The monoisotopic (exact) mass is 321 g/mol. The van der Waals surface area contributed by atoms with Gasteiger partial charge < -0.3 is 5.32 Å². The second kappa shape index (κ2) is 7.63. The van der Waals surface area contributed by atoms with Crippen LogP contribution in [0.3, 0.4) is 0 Å². The number of pyridine rings is 1. The summed E-state index contributed by atoms with van der Waals surface area (Å²) in [6.45, 7) is 0.106. The first-order valence-electron chi connectivity index (χ1n) is 7.22. The molecule has 3 aromatic rings. The normalized spacial score (nSPS) is 10.7. The summed E-state index contributed by atoms with van der Waals surface area (Å²) in [5.74, 6) is -0.244. The van der Waals surface area contributed by atoms with E-state index in [-0.39, 0.29) is 12.5 Å². The SMILES string of the molecule is O=C(CNc1cccc(-n2cncn2)c1)NN=Cc1ccncc1. The number of hydrogen-bond donors (Lipinski definition) is 2. The van der Waals surface area contributed by atoms with E-state index in [1.807, 2.05) is 24.3 Å². The Labute approximate surface area is 138 Å². The van der Waals surface area contributed by atoms with Crippen molar-refractivity contribution in [3.63, 3.8) is 0 Å². The molecule has 8 nitrogen and oxygen atoms in total. The molecule has 8 heteroatoms. The highest BCUT2D eigenvalue weighted by Crippen LogP contribution is 2.12. The molecular weight excluding hydrogens is 306 g/mol. The van der Waals surface area contributed by atoms with E-state index in [1.54, 1.807) is 41.8 Å². The molecule has 0 unspecified atom stereocenters. The van der Waals surface area contributed by atoms with Gasteiger partial charge in [0.05, 0.1) is 18.4 Å². The molecule has 3 rings (SSSR count). The van der Waals surface area contributed by atoms with Crippen LogP contribution in [0.15, 0.2) is 66.5 Å². The summed E-state index contributed by atoms with van der Waals surface area (Å²) >= 11 is 0. The van der Waals surface area contributed by atoms with Crippen molar-refractivity contribution in [1.82, 2.24) is 25.2 Å². The first kappa shape index (κ1) is 15.3. The smallest absolute Gasteiger partial charge is 0.259 e. The Morgan fingerprint density at radius 2 is 2.08 bits per heavy atom. The van der Waals surface area contributed by atoms with E-state index in [0.717, 1.165) is 16.9 Å². The van der Waals surface area contributed by atoms with Gasteiger partial charge >= 0.3 is 0 Å². The molecule has 2 N–H and O–H groups in total. The molecule has 0 saturated heterocycles. The number of carbonyl (C=O) groups is 1. The van der Waals surface area contributed by atoms with Gasteiger partial charge in [0, 0.05) is 18.1 Å². The molecule has 0 aliphatic heterocycles. The molecule has 0 spiro atoms. The number of rotatable bonds is 6. The Morgan fingerprint density at radius 1 is 1.21 bits per heavy atom. The maximum Gasteiger partial charge on any atom is 0.259 e. The highest BCUT2D eigenvalue weighted by atomic mass is 16.2. The number of hydrogen-bond acceptors (Lipinski definition) is 6. The highest BCUT2D eigenvalue weighted by molar-refractivity contribution is 5.84. The van der Waals surface area contributed by atoms with Crippen molar-refractivity contribution in [3.05, 3.63) is 67.0 Å². The second-order valence-electron chi connectivity index (χ2n) is 4.82. The molecule has 2 heterocycles. The van der Waals surface area contributed by atoms with Crippen LogP contribution in [0.5, 0.6) is 0 Å². The first-order chi connectivity index (χ1) is 11.8. The van der Waals surface area contributed by atoms with Gasteiger partial charge in [-0.3, -0.25) is 9.78 Å². The molecular formula is C16H15N7O. The van der Waals surface area contributed by atoms with Crippen LogP contribution in [0.2, 0.25) is 0 Å². The molecule has 0 bridgehead atoms. The Bertz CT molecular complexity index is 815. The summed E-state index contributed by atoms with van der Waals surface area (Å²) in [5.41, 5.74) is 4.98. The lowest BCUT2D eigenvalue weighted by Crippen LogP contribution is -2.25. The number of nitrogens with one attached hydrogen (secondary N) is 2. The van der Waals surface area contributed by atoms with Crippen LogP contribution in [0, 0.1) is 0 Å². The van der Waals surface area contributed by atoms with Gasteiger partial charge in [0.1, 0.15) is 12.7 Å². The number of benzene rings is 1. The van der Waals surface area contributed by atoms with Crippen LogP contribution in [-0.2, 0) is 4.79 Å². The third kappa shape index (κ3) is 4.23. The van der Waals surface area contributed by atoms with Crippen LogP contribution >= 0.6 is 0 Å². The van der Waals surface area contributed by atoms with E-state index in [9.17, 15) is 4.79 Å². The average molecular weight is 321 g/mol. The first-order valence-corrected chi connectivity index (χ1v) is 7.22. The zero-order valence-electron chi connectivity index (χ0n) is 12.7. The molecule has 0 radical (unpaired) electrons. The van der Waals surface area contributed by atoms with Crippen LogP contribution in [-0.4, -0.2) is 38.4 Å². The average Bonchev–Trinajstić information content (AvgIpc) is 3.16. The van der Waals surface area contributed by atoms with E-state index in [1.165, 1.54) is 6.33 Å². The zero-order chi connectivity index (χ0) is 16.6. The Hall–Kier alpha value is -3.55. The van der Waals surface area contributed by atoms with Gasteiger partial charge in [0.15, 0.2) is 0 Å². The van der Waals surface area contributed by atoms with Crippen molar-refractivity contribution in [1.29, 1.82) is 0 Å². The van der Waals surface area contributed by atoms with Crippen molar-refractivity contribution in [2.24, 2.45) is 5.10 Å². The number of anilines is 1. The van der Waals surface area contributed by atoms with Crippen LogP contribution < -0.4 is 10.7 Å². The summed E-state index contributed by atoms with van der Waals surface area (Å²) in [5, 5.41) is 11.0.